The quantitative estimate of drug-likeness (QED) is 0.781. The molecule has 1 fully saturated rings. The molecule has 0 spiro atoms. The summed E-state index contributed by atoms with van der Waals surface area (Å²) >= 11 is 0. The highest BCUT2D eigenvalue weighted by molar-refractivity contribution is 7.90. The summed E-state index contributed by atoms with van der Waals surface area (Å²) in [6.45, 7) is 2.35. The van der Waals surface area contributed by atoms with Crippen LogP contribution in [0.4, 0.5) is 0 Å². The van der Waals surface area contributed by atoms with Crippen molar-refractivity contribution in [1.29, 1.82) is 0 Å². The molecule has 0 aliphatic heterocycles. The molecule has 1 amide bonds. The number of carbonyl (C=O) groups is 1. The van der Waals surface area contributed by atoms with Crippen molar-refractivity contribution in [3.05, 3.63) is 65.7 Å². The van der Waals surface area contributed by atoms with Crippen molar-refractivity contribution in [2.45, 2.75) is 36.0 Å². The smallest absolute Gasteiger partial charge is 0.251 e. The van der Waals surface area contributed by atoms with Gasteiger partial charge in [-0.2, -0.15) is 0 Å². The molecule has 1 unspecified atom stereocenters. The Balaban J connectivity index is 1.77. The Kier molecular flexibility index (Phi) is 5.16. The molecule has 0 bridgehead atoms. The lowest BCUT2D eigenvalue weighted by Gasteiger charge is -2.29. The molecule has 1 atom stereocenters. The summed E-state index contributed by atoms with van der Waals surface area (Å²) in [6.07, 6.45) is 2.15. The lowest BCUT2D eigenvalue weighted by atomic mass is 9.95. The molecule has 0 aromatic heterocycles. The van der Waals surface area contributed by atoms with E-state index in [0.29, 0.717) is 23.6 Å². The van der Waals surface area contributed by atoms with Crippen molar-refractivity contribution in [2.24, 2.45) is 11.7 Å². The second-order valence-electron chi connectivity index (χ2n) is 7.12. The lowest BCUT2D eigenvalue weighted by Crippen LogP contribution is -2.53. The van der Waals surface area contributed by atoms with Crippen LogP contribution in [-0.2, 0) is 15.6 Å². The largest absolute Gasteiger partial charge is 0.345 e. The van der Waals surface area contributed by atoms with Crippen LogP contribution in [0.2, 0.25) is 0 Å². The zero-order valence-electron chi connectivity index (χ0n) is 14.8. The SMILES string of the molecule is CC(CN)(NC(=O)c1cccc(CS(=O)(=O)c2ccccc2)c1)C1CC1. The van der Waals surface area contributed by atoms with Crippen LogP contribution in [0.3, 0.4) is 0 Å². The summed E-state index contributed by atoms with van der Waals surface area (Å²) in [6, 6.07) is 15.1. The number of sulfone groups is 1. The third-order valence-corrected chi connectivity index (χ3v) is 6.65. The van der Waals surface area contributed by atoms with Gasteiger partial charge >= 0.3 is 0 Å². The van der Waals surface area contributed by atoms with E-state index >= 15 is 0 Å². The van der Waals surface area contributed by atoms with E-state index in [1.165, 1.54) is 0 Å². The zero-order valence-corrected chi connectivity index (χ0v) is 15.6. The van der Waals surface area contributed by atoms with Crippen molar-refractivity contribution in [3.8, 4) is 0 Å². The van der Waals surface area contributed by atoms with Gasteiger partial charge in [-0.25, -0.2) is 8.42 Å². The van der Waals surface area contributed by atoms with E-state index in [1.54, 1.807) is 54.6 Å². The van der Waals surface area contributed by atoms with E-state index in [1.807, 2.05) is 6.92 Å². The van der Waals surface area contributed by atoms with Gasteiger partial charge in [0, 0.05) is 12.1 Å². The minimum Gasteiger partial charge on any atom is -0.345 e. The Labute approximate surface area is 154 Å². The Hall–Kier alpha value is -2.18. The maximum atomic E-state index is 12.6. The second kappa shape index (κ2) is 7.21. The van der Waals surface area contributed by atoms with Gasteiger partial charge in [-0.05, 0) is 55.5 Å². The van der Waals surface area contributed by atoms with Gasteiger partial charge in [-0.15, -0.1) is 0 Å². The van der Waals surface area contributed by atoms with E-state index < -0.39 is 15.4 Å². The van der Waals surface area contributed by atoms with E-state index in [2.05, 4.69) is 5.32 Å². The molecule has 0 radical (unpaired) electrons. The first kappa shape index (κ1) is 18.6. The first-order chi connectivity index (χ1) is 12.3. The van der Waals surface area contributed by atoms with Gasteiger partial charge in [0.15, 0.2) is 9.84 Å². The maximum absolute atomic E-state index is 12.6. The van der Waals surface area contributed by atoms with Crippen LogP contribution in [0.1, 0.15) is 35.7 Å². The van der Waals surface area contributed by atoms with Crippen molar-refractivity contribution in [2.75, 3.05) is 6.54 Å². The third-order valence-electron chi connectivity index (χ3n) is 4.95. The fourth-order valence-corrected chi connectivity index (χ4v) is 4.46. The van der Waals surface area contributed by atoms with Gasteiger partial charge in [-0.3, -0.25) is 4.79 Å². The van der Waals surface area contributed by atoms with Crippen molar-refractivity contribution >= 4 is 15.7 Å². The number of nitrogens with one attached hydrogen (secondary N) is 1. The molecule has 26 heavy (non-hydrogen) atoms. The molecule has 5 nitrogen and oxygen atoms in total. The van der Waals surface area contributed by atoms with Crippen molar-refractivity contribution < 1.29 is 13.2 Å². The van der Waals surface area contributed by atoms with Gasteiger partial charge in [0.1, 0.15) is 0 Å². The molecule has 2 aromatic carbocycles. The highest BCUT2D eigenvalue weighted by Gasteiger charge is 2.41. The summed E-state index contributed by atoms with van der Waals surface area (Å²) in [5, 5.41) is 3.03. The van der Waals surface area contributed by atoms with Crippen molar-refractivity contribution in [3.63, 3.8) is 0 Å². The van der Waals surface area contributed by atoms with Crippen LogP contribution in [0.25, 0.3) is 0 Å². The molecule has 3 rings (SSSR count). The van der Waals surface area contributed by atoms with Crippen molar-refractivity contribution in [1.82, 2.24) is 5.32 Å². The van der Waals surface area contributed by atoms with Crippen LogP contribution in [0, 0.1) is 5.92 Å². The van der Waals surface area contributed by atoms with Crippen LogP contribution >= 0.6 is 0 Å². The Bertz CT molecular complexity index is 892. The fraction of sp³-hybridized carbons (Fsp3) is 0.350. The number of hydrogen-bond donors (Lipinski definition) is 2. The lowest BCUT2D eigenvalue weighted by molar-refractivity contribution is 0.0897. The van der Waals surface area contributed by atoms with Gasteiger partial charge in [0.05, 0.1) is 16.2 Å². The molecule has 1 aliphatic rings. The second-order valence-corrected chi connectivity index (χ2v) is 9.11. The average molecular weight is 372 g/mol. The third kappa shape index (κ3) is 4.14. The molecular weight excluding hydrogens is 348 g/mol. The molecule has 3 N–H and O–H groups in total. The van der Waals surface area contributed by atoms with E-state index in [0.717, 1.165) is 12.8 Å². The molecule has 138 valence electrons. The molecule has 0 heterocycles. The summed E-state index contributed by atoms with van der Waals surface area (Å²) in [7, 11) is -3.45. The molecule has 6 heteroatoms. The molecule has 1 aliphatic carbocycles. The normalized spacial score (nSPS) is 16.7. The number of rotatable bonds is 7. The highest BCUT2D eigenvalue weighted by Crippen LogP contribution is 2.39. The van der Waals surface area contributed by atoms with E-state index in [9.17, 15) is 13.2 Å². The first-order valence-corrected chi connectivity index (χ1v) is 10.4. The molecular formula is C20H24N2O3S. The van der Waals surface area contributed by atoms with Gasteiger partial charge < -0.3 is 11.1 Å². The van der Waals surface area contributed by atoms with E-state index in [4.69, 9.17) is 5.73 Å². The molecule has 2 aromatic rings. The molecule has 1 saturated carbocycles. The average Bonchev–Trinajstić information content (AvgIpc) is 3.48. The maximum Gasteiger partial charge on any atom is 0.251 e. The van der Waals surface area contributed by atoms with Crippen LogP contribution < -0.4 is 11.1 Å². The predicted octanol–water partition coefficient (Wildman–Crippen LogP) is 2.52. The Morgan fingerprint density at radius 3 is 2.46 bits per heavy atom. The van der Waals surface area contributed by atoms with Gasteiger partial charge in [0.25, 0.3) is 5.91 Å². The number of carbonyl (C=O) groups excluding carboxylic acids is 1. The minimum atomic E-state index is -3.45. The molecule has 0 saturated heterocycles. The van der Waals surface area contributed by atoms with Crippen LogP contribution in [0.15, 0.2) is 59.5 Å². The number of nitrogens with two attached hydrogens (primary N) is 1. The first-order valence-electron chi connectivity index (χ1n) is 8.73. The van der Waals surface area contributed by atoms with Gasteiger partial charge in [-0.1, -0.05) is 30.3 Å². The number of benzene rings is 2. The van der Waals surface area contributed by atoms with Crippen LogP contribution in [-0.4, -0.2) is 26.4 Å². The summed E-state index contributed by atoms with van der Waals surface area (Å²) in [5.74, 6) is 0.0523. The summed E-state index contributed by atoms with van der Waals surface area (Å²) in [5.41, 5.74) is 6.48. The standard InChI is InChI=1S/C20H24N2O3S/c1-20(14-21,17-10-11-17)22-19(23)16-7-5-6-15(12-16)13-26(24,25)18-8-3-2-4-9-18/h2-9,12,17H,10-11,13-14,21H2,1H3,(H,22,23). The minimum absolute atomic E-state index is 0.144. The monoisotopic (exact) mass is 372 g/mol. The Morgan fingerprint density at radius 1 is 1.15 bits per heavy atom. The topological polar surface area (TPSA) is 89.3 Å². The van der Waals surface area contributed by atoms with Crippen LogP contribution in [0.5, 0.6) is 0 Å². The zero-order chi connectivity index (χ0) is 18.8. The Morgan fingerprint density at radius 2 is 1.85 bits per heavy atom. The fourth-order valence-electron chi connectivity index (χ4n) is 3.10. The highest BCUT2D eigenvalue weighted by atomic mass is 32.2. The predicted molar refractivity (Wildman–Crippen MR) is 101 cm³/mol. The summed E-state index contributed by atoms with van der Waals surface area (Å²) < 4.78 is 25.1. The van der Waals surface area contributed by atoms with E-state index in [-0.39, 0.29) is 16.6 Å². The number of hydrogen-bond acceptors (Lipinski definition) is 4. The summed E-state index contributed by atoms with van der Waals surface area (Å²) in [4.78, 5) is 12.9. The number of amides is 1. The van der Waals surface area contributed by atoms with Gasteiger partial charge in [0.2, 0.25) is 0 Å².